The molecule has 2 unspecified atom stereocenters. The van der Waals surface area contributed by atoms with Crippen molar-refractivity contribution >= 4 is 17.9 Å². The molecule has 0 heterocycles. The second-order valence-corrected chi connectivity index (χ2v) is 13.1. The Morgan fingerprint density at radius 1 is 0.681 bits per heavy atom. The number of unbranched alkanes of at least 4 members (excludes halogenated alkanes) is 10. The van der Waals surface area contributed by atoms with E-state index in [-0.39, 0.29) is 55.5 Å². The van der Waals surface area contributed by atoms with Gasteiger partial charge in [0.25, 0.3) is 0 Å². The summed E-state index contributed by atoms with van der Waals surface area (Å²) >= 11 is 0. The molecule has 270 valence electrons. The Labute approximate surface area is 286 Å². The first-order chi connectivity index (χ1) is 22.6. The van der Waals surface area contributed by atoms with Crippen molar-refractivity contribution in [1.29, 1.82) is 0 Å². The fourth-order valence-electron chi connectivity index (χ4n) is 4.88. The molecule has 0 saturated carbocycles. The van der Waals surface area contributed by atoms with Crippen molar-refractivity contribution in [2.75, 3.05) is 41.0 Å². The van der Waals surface area contributed by atoms with Crippen LogP contribution in [0.2, 0.25) is 0 Å². The molecule has 0 saturated heterocycles. The second kappa shape index (κ2) is 30.6. The molecule has 0 bridgehead atoms. The van der Waals surface area contributed by atoms with E-state index in [1.54, 1.807) is 21.1 Å². The topological polar surface area (TPSA) is 102 Å². The van der Waals surface area contributed by atoms with Crippen LogP contribution in [0.25, 0.3) is 0 Å². The zero-order chi connectivity index (χ0) is 35.0. The molecule has 0 amide bonds. The standard InChI is InChI=1S/C39H67NO7/c1-6-8-10-12-14-15-16-17-18-19-20-21-22-24-26-28-30-38(42)47-35(33-45-32-31-36(39(43)44)40(3,4)5)34-46-37(41)29-27-25-23-13-11-9-7-2/h9,11,18-21,23,25,35-36H,6-8,10,12-17,22,24,26-34H2,1-5H3/b11-9+,19-18+,21-20+,25-23+. The summed E-state index contributed by atoms with van der Waals surface area (Å²) in [5, 5.41) is 11.5. The zero-order valence-electron chi connectivity index (χ0n) is 30.4. The van der Waals surface area contributed by atoms with Gasteiger partial charge in [-0.05, 0) is 51.4 Å². The number of carbonyl (C=O) groups is 3. The first-order valence-electron chi connectivity index (χ1n) is 18.2. The molecular formula is C39H67NO7. The number of allylic oxidation sites excluding steroid dienone is 8. The predicted molar refractivity (Wildman–Crippen MR) is 189 cm³/mol. The highest BCUT2D eigenvalue weighted by atomic mass is 16.6. The van der Waals surface area contributed by atoms with Gasteiger partial charge in [-0.15, -0.1) is 0 Å². The van der Waals surface area contributed by atoms with E-state index in [9.17, 15) is 19.5 Å². The number of ether oxygens (including phenoxy) is 3. The highest BCUT2D eigenvalue weighted by Gasteiger charge is 2.25. The summed E-state index contributed by atoms with van der Waals surface area (Å²) in [4.78, 5) is 36.4. The summed E-state index contributed by atoms with van der Waals surface area (Å²) in [6.45, 7) is 4.38. The molecule has 0 aromatic rings. The van der Waals surface area contributed by atoms with E-state index in [0.29, 0.717) is 12.8 Å². The SMILES string of the molecule is CC/C=C/C/C=C/CCC(=O)OCC(COCCC(C(=O)[O-])[N+](C)(C)C)OC(=O)CCCCC/C=C/C=C/CCCCCCCCC. The van der Waals surface area contributed by atoms with E-state index in [2.05, 4.69) is 50.3 Å². The number of carboxylic acid groups (broad SMARTS) is 1. The number of hydrogen-bond acceptors (Lipinski definition) is 7. The first-order valence-corrected chi connectivity index (χ1v) is 18.2. The Morgan fingerprint density at radius 2 is 1.30 bits per heavy atom. The number of aliphatic carboxylic acids is 1. The number of likely N-dealkylation sites (N-methyl/N-ethyl adjacent to an activating group) is 1. The van der Waals surface area contributed by atoms with E-state index < -0.39 is 18.1 Å². The average molecular weight is 662 g/mol. The minimum Gasteiger partial charge on any atom is -0.544 e. The van der Waals surface area contributed by atoms with Crippen LogP contribution in [0.1, 0.15) is 129 Å². The number of carboxylic acids is 1. The van der Waals surface area contributed by atoms with Gasteiger partial charge in [-0.1, -0.05) is 107 Å². The van der Waals surface area contributed by atoms with E-state index >= 15 is 0 Å². The molecule has 0 aromatic heterocycles. The van der Waals surface area contributed by atoms with Gasteiger partial charge in [0, 0.05) is 19.3 Å². The van der Waals surface area contributed by atoms with Gasteiger partial charge in [0.15, 0.2) is 6.10 Å². The minimum atomic E-state index is -1.14. The Bertz CT molecular complexity index is 917. The number of quaternary nitrogens is 1. The van der Waals surface area contributed by atoms with Crippen LogP contribution in [0.4, 0.5) is 0 Å². The lowest BCUT2D eigenvalue weighted by atomic mass is 10.1. The van der Waals surface area contributed by atoms with Crippen LogP contribution >= 0.6 is 0 Å². The summed E-state index contributed by atoms with van der Waals surface area (Å²) < 4.78 is 16.9. The van der Waals surface area contributed by atoms with Crippen molar-refractivity contribution < 1.29 is 38.2 Å². The Hall–Kier alpha value is -2.71. The van der Waals surface area contributed by atoms with Gasteiger partial charge < -0.3 is 28.6 Å². The molecule has 47 heavy (non-hydrogen) atoms. The third-order valence-corrected chi connectivity index (χ3v) is 7.74. The largest absolute Gasteiger partial charge is 0.544 e. The molecular weight excluding hydrogens is 594 g/mol. The third kappa shape index (κ3) is 29.2. The Morgan fingerprint density at radius 3 is 1.91 bits per heavy atom. The van der Waals surface area contributed by atoms with E-state index in [1.165, 1.54) is 44.9 Å². The normalized spacial score (nSPS) is 13.6. The van der Waals surface area contributed by atoms with Crippen LogP contribution in [-0.4, -0.2) is 75.5 Å². The fourth-order valence-corrected chi connectivity index (χ4v) is 4.88. The molecule has 2 atom stereocenters. The fraction of sp³-hybridized carbons (Fsp3) is 0.718. The maximum absolute atomic E-state index is 12.6. The molecule has 8 nitrogen and oxygen atoms in total. The van der Waals surface area contributed by atoms with Gasteiger partial charge in [0.1, 0.15) is 12.6 Å². The maximum atomic E-state index is 12.6. The average Bonchev–Trinajstić information content (AvgIpc) is 3.01. The lowest BCUT2D eigenvalue weighted by Crippen LogP contribution is -2.55. The Kier molecular flexibility index (Phi) is 28.8. The van der Waals surface area contributed by atoms with E-state index in [1.807, 2.05) is 12.2 Å². The van der Waals surface area contributed by atoms with Gasteiger partial charge in [-0.25, -0.2) is 0 Å². The zero-order valence-corrected chi connectivity index (χ0v) is 30.4. The van der Waals surface area contributed by atoms with E-state index in [0.717, 1.165) is 38.5 Å². The van der Waals surface area contributed by atoms with Crippen molar-refractivity contribution in [2.24, 2.45) is 0 Å². The molecule has 8 heteroatoms. The summed E-state index contributed by atoms with van der Waals surface area (Å²) in [5.74, 6) is -1.87. The van der Waals surface area contributed by atoms with Crippen LogP contribution < -0.4 is 5.11 Å². The molecule has 0 aliphatic rings. The summed E-state index contributed by atoms with van der Waals surface area (Å²) in [6, 6.07) is -0.736. The summed E-state index contributed by atoms with van der Waals surface area (Å²) in [6.07, 6.45) is 33.2. The van der Waals surface area contributed by atoms with Crippen molar-refractivity contribution in [3.63, 3.8) is 0 Å². The molecule has 0 rings (SSSR count). The van der Waals surface area contributed by atoms with Crippen molar-refractivity contribution in [3.8, 4) is 0 Å². The quantitative estimate of drug-likeness (QED) is 0.0248. The lowest BCUT2D eigenvalue weighted by Gasteiger charge is -2.34. The summed E-state index contributed by atoms with van der Waals surface area (Å²) in [5.41, 5.74) is 0. The smallest absolute Gasteiger partial charge is 0.306 e. The van der Waals surface area contributed by atoms with Gasteiger partial charge in [0.05, 0.1) is 40.3 Å². The molecule has 0 fully saturated rings. The monoisotopic (exact) mass is 661 g/mol. The number of rotatable bonds is 31. The van der Waals surface area contributed by atoms with Crippen LogP contribution in [0.3, 0.4) is 0 Å². The van der Waals surface area contributed by atoms with Crippen molar-refractivity contribution in [3.05, 3.63) is 48.6 Å². The van der Waals surface area contributed by atoms with Crippen LogP contribution in [0.15, 0.2) is 48.6 Å². The number of esters is 2. The minimum absolute atomic E-state index is 0.0108. The van der Waals surface area contributed by atoms with Gasteiger partial charge >= 0.3 is 11.9 Å². The highest BCUT2D eigenvalue weighted by Crippen LogP contribution is 2.11. The van der Waals surface area contributed by atoms with Crippen LogP contribution in [0, 0.1) is 0 Å². The Balaban J connectivity index is 4.49. The molecule has 0 aliphatic heterocycles. The molecule has 0 spiro atoms. The van der Waals surface area contributed by atoms with Crippen LogP contribution in [-0.2, 0) is 28.6 Å². The maximum Gasteiger partial charge on any atom is 0.306 e. The van der Waals surface area contributed by atoms with Crippen LogP contribution in [0.5, 0.6) is 0 Å². The van der Waals surface area contributed by atoms with Gasteiger partial charge in [-0.2, -0.15) is 0 Å². The lowest BCUT2D eigenvalue weighted by molar-refractivity contribution is -0.889. The summed E-state index contributed by atoms with van der Waals surface area (Å²) in [7, 11) is 5.36. The third-order valence-electron chi connectivity index (χ3n) is 7.74. The van der Waals surface area contributed by atoms with Gasteiger partial charge in [-0.3, -0.25) is 9.59 Å². The molecule has 0 aliphatic carbocycles. The molecule has 0 N–H and O–H groups in total. The molecule has 0 aromatic carbocycles. The van der Waals surface area contributed by atoms with Crippen molar-refractivity contribution in [1.82, 2.24) is 0 Å². The van der Waals surface area contributed by atoms with Crippen molar-refractivity contribution in [2.45, 2.75) is 142 Å². The second-order valence-electron chi connectivity index (χ2n) is 13.1. The first kappa shape index (κ1) is 44.3. The number of carbonyl (C=O) groups excluding carboxylic acids is 3. The van der Waals surface area contributed by atoms with Gasteiger partial charge in [0.2, 0.25) is 0 Å². The molecule has 0 radical (unpaired) electrons. The number of hydrogen-bond donors (Lipinski definition) is 0. The number of nitrogens with zero attached hydrogens (tertiary/aromatic N) is 1. The predicted octanol–water partition coefficient (Wildman–Crippen LogP) is 7.57. The van der Waals surface area contributed by atoms with E-state index in [4.69, 9.17) is 14.2 Å². The highest BCUT2D eigenvalue weighted by molar-refractivity contribution is 5.70.